The van der Waals surface area contributed by atoms with Gasteiger partial charge in [-0.05, 0) is 64.2 Å². The van der Waals surface area contributed by atoms with Crippen molar-refractivity contribution in [3.05, 3.63) is 193 Å². The first kappa shape index (κ1) is 33.4. The van der Waals surface area contributed by atoms with Crippen molar-refractivity contribution in [2.75, 3.05) is 0 Å². The number of aromatic amines is 2. The van der Waals surface area contributed by atoms with Crippen molar-refractivity contribution in [3.63, 3.8) is 0 Å². The minimum absolute atomic E-state index is 0.521. The van der Waals surface area contributed by atoms with Crippen LogP contribution in [0.15, 0.2) is 176 Å². The number of fused-ring (bicyclic) bond motifs is 11. The van der Waals surface area contributed by atoms with E-state index in [9.17, 15) is 0 Å². The van der Waals surface area contributed by atoms with Gasteiger partial charge in [-0.3, -0.25) is 0 Å². The zero-order valence-corrected chi connectivity index (χ0v) is 31.3. The number of H-pyrrole nitrogens is 2. The lowest BCUT2D eigenvalue weighted by atomic mass is 10.0. The number of nitrogens with zero attached hydrogens (tertiary/aromatic N) is 5. The monoisotopic (exact) mass is 745 g/mol. The largest absolute Gasteiger partial charge is 0.354 e. The first-order valence-electron chi connectivity index (χ1n) is 19.4. The van der Waals surface area contributed by atoms with Gasteiger partial charge in [-0.1, -0.05) is 152 Å². The van der Waals surface area contributed by atoms with Crippen LogP contribution in [0, 0.1) is 0 Å². The molecule has 8 bridgehead atoms. The molecule has 58 heavy (non-hydrogen) atoms. The lowest BCUT2D eigenvalue weighted by Crippen LogP contribution is -2.04. The molecule has 6 heterocycles. The molecule has 0 saturated heterocycles. The van der Waals surface area contributed by atoms with Gasteiger partial charge in [-0.15, -0.1) is 0 Å². The molecule has 0 atom stereocenters. The van der Waals surface area contributed by atoms with E-state index in [-0.39, 0.29) is 0 Å². The van der Waals surface area contributed by atoms with E-state index < -0.39 is 0 Å². The van der Waals surface area contributed by atoms with Crippen molar-refractivity contribution in [2.24, 2.45) is 0 Å². The number of hydrogen-bond acceptors (Lipinski definition) is 4. The van der Waals surface area contributed by atoms with Gasteiger partial charge in [0.25, 0.3) is 0 Å². The van der Waals surface area contributed by atoms with Crippen LogP contribution in [-0.2, 0) is 6.54 Å². The highest BCUT2D eigenvalue weighted by Gasteiger charge is 2.30. The third kappa shape index (κ3) is 5.85. The maximum atomic E-state index is 5.60. The smallest absolute Gasteiger partial charge is 0.141 e. The number of benzene rings is 5. The maximum absolute atomic E-state index is 5.60. The Balaban J connectivity index is 1.33. The summed E-state index contributed by atoms with van der Waals surface area (Å²) in [7, 11) is 0. The van der Waals surface area contributed by atoms with Crippen LogP contribution in [0.25, 0.3) is 102 Å². The molecule has 9 aromatic rings. The Bertz CT molecular complexity index is 2970. The lowest BCUT2D eigenvalue weighted by Gasteiger charge is -2.07. The summed E-state index contributed by atoms with van der Waals surface area (Å²) < 4.78 is 0. The SMILES string of the molecule is C1=Cc2nc1c(-c1ccccc1)c1ccc([nH]1)c(-c1ccccc1)c1nc(c(-c3ccccc3)c3ccc([nH]3)c2-c2ccccc2)-c2nn(Cc3ccccc3)nc2-1. The number of nitrogens with one attached hydrogen (secondary N) is 2. The number of rotatable bonds is 6. The van der Waals surface area contributed by atoms with Crippen LogP contribution in [0.3, 0.4) is 0 Å². The van der Waals surface area contributed by atoms with Gasteiger partial charge in [0.15, 0.2) is 0 Å². The van der Waals surface area contributed by atoms with Gasteiger partial charge in [0, 0.05) is 44.3 Å². The summed E-state index contributed by atoms with van der Waals surface area (Å²) in [6, 6.07) is 60.8. The summed E-state index contributed by atoms with van der Waals surface area (Å²) in [5.41, 5.74) is 17.6. The summed E-state index contributed by atoms with van der Waals surface area (Å²) in [6.45, 7) is 0.521. The Kier molecular flexibility index (Phi) is 8.07. The van der Waals surface area contributed by atoms with Crippen LogP contribution in [0.5, 0.6) is 0 Å². The molecular weight excluding hydrogens is 711 g/mol. The molecule has 2 aliphatic heterocycles. The van der Waals surface area contributed by atoms with E-state index in [2.05, 4.69) is 156 Å². The minimum atomic E-state index is 0.521. The second-order valence-electron chi connectivity index (χ2n) is 14.5. The molecule has 2 N–H and O–H groups in total. The molecule has 2 aliphatic rings. The second-order valence-corrected chi connectivity index (χ2v) is 14.5. The molecule has 7 nitrogen and oxygen atoms in total. The van der Waals surface area contributed by atoms with E-state index in [1.807, 2.05) is 42.5 Å². The molecule has 0 aliphatic carbocycles. The highest BCUT2D eigenvalue weighted by Crippen LogP contribution is 2.45. The van der Waals surface area contributed by atoms with Gasteiger partial charge < -0.3 is 9.97 Å². The van der Waals surface area contributed by atoms with Crippen molar-refractivity contribution in [3.8, 4) is 67.3 Å². The maximum Gasteiger partial charge on any atom is 0.141 e. The van der Waals surface area contributed by atoms with E-state index in [4.69, 9.17) is 20.2 Å². The Labute approximate surface area is 334 Å². The van der Waals surface area contributed by atoms with Crippen LogP contribution >= 0.6 is 0 Å². The van der Waals surface area contributed by atoms with E-state index >= 15 is 0 Å². The van der Waals surface area contributed by atoms with Crippen LogP contribution in [0.4, 0.5) is 0 Å². The molecule has 0 unspecified atom stereocenters. The zero-order chi connectivity index (χ0) is 38.4. The number of aromatic nitrogens is 7. The van der Waals surface area contributed by atoms with Crippen LogP contribution < -0.4 is 0 Å². The first-order valence-corrected chi connectivity index (χ1v) is 19.4. The van der Waals surface area contributed by atoms with Gasteiger partial charge >= 0.3 is 0 Å². The topological polar surface area (TPSA) is 88.1 Å². The number of hydrogen-bond donors (Lipinski definition) is 2. The Morgan fingerprint density at radius 2 is 0.690 bits per heavy atom. The summed E-state index contributed by atoms with van der Waals surface area (Å²) >= 11 is 0. The molecule has 0 spiro atoms. The van der Waals surface area contributed by atoms with Crippen molar-refractivity contribution < 1.29 is 0 Å². The summed E-state index contributed by atoms with van der Waals surface area (Å²) in [5.74, 6) is 0. The quantitative estimate of drug-likeness (QED) is 0.177. The molecule has 0 radical (unpaired) electrons. The van der Waals surface area contributed by atoms with Gasteiger partial charge in [0.2, 0.25) is 0 Å². The molecule has 7 heteroatoms. The Morgan fingerprint density at radius 3 is 1.09 bits per heavy atom. The van der Waals surface area contributed by atoms with Crippen molar-refractivity contribution in [2.45, 2.75) is 6.54 Å². The van der Waals surface area contributed by atoms with E-state index in [0.717, 1.165) is 106 Å². The summed E-state index contributed by atoms with van der Waals surface area (Å²) in [6.07, 6.45) is 4.26. The van der Waals surface area contributed by atoms with Gasteiger partial charge in [0.05, 0.1) is 17.9 Å². The van der Waals surface area contributed by atoms with Crippen molar-refractivity contribution in [1.29, 1.82) is 0 Å². The van der Waals surface area contributed by atoms with E-state index in [0.29, 0.717) is 6.54 Å². The fraction of sp³-hybridized carbons (Fsp3) is 0.0196. The minimum Gasteiger partial charge on any atom is -0.354 e. The van der Waals surface area contributed by atoms with Crippen molar-refractivity contribution in [1.82, 2.24) is 34.9 Å². The predicted molar refractivity (Wildman–Crippen MR) is 235 cm³/mol. The average molecular weight is 746 g/mol. The second kappa shape index (κ2) is 14.0. The molecule has 5 aromatic carbocycles. The third-order valence-corrected chi connectivity index (χ3v) is 10.8. The van der Waals surface area contributed by atoms with E-state index in [1.165, 1.54) is 0 Å². The fourth-order valence-corrected chi connectivity index (χ4v) is 8.21. The molecule has 0 amide bonds. The van der Waals surface area contributed by atoms with Gasteiger partial charge in [0.1, 0.15) is 22.8 Å². The molecule has 11 rings (SSSR count). The van der Waals surface area contributed by atoms with Crippen LogP contribution in [0.1, 0.15) is 17.0 Å². The predicted octanol–water partition coefficient (Wildman–Crippen LogP) is 12.1. The lowest BCUT2D eigenvalue weighted by molar-refractivity contribution is 0.593. The Morgan fingerprint density at radius 1 is 0.345 bits per heavy atom. The van der Waals surface area contributed by atoms with Crippen LogP contribution in [0.2, 0.25) is 0 Å². The normalized spacial score (nSPS) is 11.8. The standard InChI is InChI=1S/C51H35N7/c1-6-16-33(17-7-1)32-58-56-50-48-46(36-22-12-4-13-23-36)42-30-28-40(53-42)44(34-18-8-2-9-19-34)38-26-27-39(52-38)45(35-20-10-3-11-21-35)41-29-31-43(54-41)47(37-24-14-5-15-25-37)49(55-48)51(50)57-58/h1-31,53-54H,32H2. The molecule has 0 fully saturated rings. The summed E-state index contributed by atoms with van der Waals surface area (Å²) in [4.78, 5) is 20.5. The zero-order valence-electron chi connectivity index (χ0n) is 31.3. The highest BCUT2D eigenvalue weighted by atomic mass is 15.5. The highest BCUT2D eigenvalue weighted by molar-refractivity contribution is 6.03. The van der Waals surface area contributed by atoms with Crippen LogP contribution in [-0.4, -0.2) is 34.9 Å². The summed E-state index contributed by atoms with van der Waals surface area (Å²) in [5, 5.41) is 10.5. The molecule has 274 valence electrons. The fourth-order valence-electron chi connectivity index (χ4n) is 8.21. The molecular formula is C51H35N7. The molecule has 4 aromatic heterocycles. The molecule has 0 saturated carbocycles. The van der Waals surface area contributed by atoms with E-state index in [1.54, 1.807) is 4.80 Å². The Hall–Kier alpha value is -7.90. The van der Waals surface area contributed by atoms with Crippen molar-refractivity contribution >= 4 is 34.2 Å². The third-order valence-electron chi connectivity index (χ3n) is 10.8. The van der Waals surface area contributed by atoms with Gasteiger partial charge in [-0.2, -0.15) is 15.0 Å². The first-order chi connectivity index (χ1) is 28.7. The van der Waals surface area contributed by atoms with Gasteiger partial charge in [-0.25, -0.2) is 9.97 Å². The average Bonchev–Trinajstić information content (AvgIpc) is 4.14.